The Morgan fingerprint density at radius 2 is 1.79 bits per heavy atom. The molecule has 96 valence electrons. The Bertz CT molecular complexity index is 613. The molecule has 1 aliphatic carbocycles. The zero-order valence-electron chi connectivity index (χ0n) is 10.8. The lowest BCUT2D eigenvalue weighted by molar-refractivity contribution is -0.138. The van der Waals surface area contributed by atoms with Crippen molar-refractivity contribution in [3.63, 3.8) is 0 Å². The lowest BCUT2D eigenvalue weighted by atomic mass is 9.95. The molecule has 0 aromatic heterocycles. The van der Waals surface area contributed by atoms with Crippen LogP contribution < -0.4 is 0 Å². The van der Waals surface area contributed by atoms with E-state index >= 15 is 0 Å². The van der Waals surface area contributed by atoms with Crippen LogP contribution in [0.1, 0.15) is 23.5 Å². The third-order valence-electron chi connectivity index (χ3n) is 3.83. The Hall–Kier alpha value is -2.09. The van der Waals surface area contributed by atoms with Gasteiger partial charge >= 0.3 is 5.97 Å². The molecule has 2 unspecified atom stereocenters. The molecule has 0 radical (unpaired) electrons. The fourth-order valence-electron chi connectivity index (χ4n) is 2.63. The molecule has 0 amide bonds. The molecule has 2 aromatic carbocycles. The molecule has 2 atom stereocenters. The monoisotopic (exact) mass is 252 g/mol. The van der Waals surface area contributed by atoms with E-state index in [1.54, 1.807) is 0 Å². The molecule has 1 aliphatic rings. The van der Waals surface area contributed by atoms with Gasteiger partial charge in [0.1, 0.15) is 0 Å². The van der Waals surface area contributed by atoms with Crippen molar-refractivity contribution >= 4 is 5.97 Å². The van der Waals surface area contributed by atoms with E-state index < -0.39 is 5.97 Å². The number of aliphatic carboxylic acids is 1. The van der Waals surface area contributed by atoms with Gasteiger partial charge in [-0.25, -0.2) is 0 Å². The van der Waals surface area contributed by atoms with Gasteiger partial charge in [0.25, 0.3) is 0 Å². The third-order valence-corrected chi connectivity index (χ3v) is 3.83. The lowest BCUT2D eigenvalue weighted by Gasteiger charge is -2.09. The van der Waals surface area contributed by atoms with E-state index in [-0.39, 0.29) is 11.8 Å². The van der Waals surface area contributed by atoms with Crippen molar-refractivity contribution in [2.45, 2.75) is 19.3 Å². The first-order valence-corrected chi connectivity index (χ1v) is 6.55. The molecule has 2 aromatic rings. The predicted molar refractivity (Wildman–Crippen MR) is 75.1 cm³/mol. The number of hydrogen-bond acceptors (Lipinski definition) is 1. The first kappa shape index (κ1) is 12.0. The molecule has 0 saturated heterocycles. The average molecular weight is 252 g/mol. The van der Waals surface area contributed by atoms with Crippen LogP contribution in [0.3, 0.4) is 0 Å². The third kappa shape index (κ3) is 2.26. The van der Waals surface area contributed by atoms with Crippen molar-refractivity contribution in [3.8, 4) is 11.1 Å². The van der Waals surface area contributed by atoms with Gasteiger partial charge in [-0.15, -0.1) is 0 Å². The van der Waals surface area contributed by atoms with Crippen molar-refractivity contribution in [1.82, 2.24) is 0 Å². The fraction of sp³-hybridized carbons (Fsp3) is 0.235. The van der Waals surface area contributed by atoms with Crippen LogP contribution >= 0.6 is 0 Å². The van der Waals surface area contributed by atoms with E-state index in [1.165, 1.54) is 11.1 Å². The van der Waals surface area contributed by atoms with Crippen molar-refractivity contribution in [2.24, 2.45) is 5.92 Å². The van der Waals surface area contributed by atoms with Gasteiger partial charge in [-0.3, -0.25) is 4.79 Å². The highest BCUT2D eigenvalue weighted by Crippen LogP contribution is 2.50. The van der Waals surface area contributed by atoms with Gasteiger partial charge in [0, 0.05) is 0 Å². The minimum atomic E-state index is -0.677. The normalized spacial score (nSPS) is 21.1. The Labute approximate surface area is 112 Å². The Morgan fingerprint density at radius 3 is 2.42 bits per heavy atom. The molecule has 0 heterocycles. The summed E-state index contributed by atoms with van der Waals surface area (Å²) in [6.45, 7) is 2.07. The van der Waals surface area contributed by atoms with Gasteiger partial charge in [-0.1, -0.05) is 54.1 Å². The van der Waals surface area contributed by atoms with Crippen LogP contribution in [0.4, 0.5) is 0 Å². The molecule has 1 N–H and O–H groups in total. The molecule has 19 heavy (non-hydrogen) atoms. The van der Waals surface area contributed by atoms with Gasteiger partial charge in [-0.05, 0) is 36.0 Å². The Kier molecular flexibility index (Phi) is 2.86. The van der Waals surface area contributed by atoms with Crippen molar-refractivity contribution in [3.05, 3.63) is 59.7 Å². The number of benzene rings is 2. The maximum absolute atomic E-state index is 11.0. The Balaban J connectivity index is 1.99. The zero-order valence-corrected chi connectivity index (χ0v) is 10.8. The molecule has 0 spiro atoms. The Morgan fingerprint density at radius 1 is 1.11 bits per heavy atom. The number of rotatable bonds is 3. The molecule has 2 heteroatoms. The van der Waals surface area contributed by atoms with Crippen molar-refractivity contribution in [1.29, 1.82) is 0 Å². The second-order valence-corrected chi connectivity index (χ2v) is 5.24. The summed E-state index contributed by atoms with van der Waals surface area (Å²) in [5.41, 5.74) is 4.73. The summed E-state index contributed by atoms with van der Waals surface area (Å²) < 4.78 is 0. The molecule has 2 nitrogen and oxygen atoms in total. The van der Waals surface area contributed by atoms with Crippen molar-refractivity contribution < 1.29 is 9.90 Å². The summed E-state index contributed by atoms with van der Waals surface area (Å²) in [6, 6.07) is 16.5. The minimum absolute atomic E-state index is 0.176. The summed E-state index contributed by atoms with van der Waals surface area (Å²) in [4.78, 5) is 11.0. The fourth-order valence-corrected chi connectivity index (χ4v) is 2.63. The van der Waals surface area contributed by atoms with Crippen LogP contribution in [0.15, 0.2) is 48.5 Å². The largest absolute Gasteiger partial charge is 0.481 e. The van der Waals surface area contributed by atoms with E-state index in [0.717, 1.165) is 17.5 Å². The van der Waals surface area contributed by atoms with E-state index in [9.17, 15) is 4.79 Å². The maximum Gasteiger partial charge on any atom is 0.307 e. The number of carboxylic acids is 1. The van der Waals surface area contributed by atoms with Gasteiger partial charge in [0.05, 0.1) is 5.92 Å². The predicted octanol–water partition coefficient (Wildman–Crippen LogP) is 3.85. The molecular weight excluding hydrogens is 236 g/mol. The average Bonchev–Trinajstić information content (AvgIpc) is 3.20. The number of carboxylic acid groups (broad SMARTS) is 1. The number of carbonyl (C=O) groups is 1. The summed E-state index contributed by atoms with van der Waals surface area (Å²) in [5.74, 6) is -0.703. The zero-order chi connectivity index (χ0) is 13.4. The summed E-state index contributed by atoms with van der Waals surface area (Å²) in [6.07, 6.45) is 0.762. The highest BCUT2D eigenvalue weighted by Gasteiger charge is 2.45. The van der Waals surface area contributed by atoms with E-state index in [0.29, 0.717) is 0 Å². The SMILES string of the molecule is Cc1ccc(-c2ccccc2C2CC2C(=O)O)cc1. The molecular formula is C17H16O2. The van der Waals surface area contributed by atoms with E-state index in [2.05, 4.69) is 43.3 Å². The summed E-state index contributed by atoms with van der Waals surface area (Å²) >= 11 is 0. The molecule has 3 rings (SSSR count). The highest BCUT2D eigenvalue weighted by molar-refractivity contribution is 5.78. The minimum Gasteiger partial charge on any atom is -0.481 e. The molecule has 0 bridgehead atoms. The smallest absolute Gasteiger partial charge is 0.307 e. The van der Waals surface area contributed by atoms with Crippen LogP contribution in [0.25, 0.3) is 11.1 Å². The molecule has 1 saturated carbocycles. The van der Waals surface area contributed by atoms with E-state index in [1.807, 2.05) is 12.1 Å². The number of hydrogen-bond donors (Lipinski definition) is 1. The first-order chi connectivity index (χ1) is 9.16. The summed E-state index contributed by atoms with van der Waals surface area (Å²) in [5, 5.41) is 9.08. The highest BCUT2D eigenvalue weighted by atomic mass is 16.4. The maximum atomic E-state index is 11.0. The lowest BCUT2D eigenvalue weighted by Crippen LogP contribution is -1.99. The second kappa shape index (κ2) is 4.54. The molecule has 1 fully saturated rings. The van der Waals surface area contributed by atoms with Gasteiger partial charge < -0.3 is 5.11 Å². The van der Waals surface area contributed by atoms with Gasteiger partial charge in [0.2, 0.25) is 0 Å². The van der Waals surface area contributed by atoms with Gasteiger partial charge in [0.15, 0.2) is 0 Å². The van der Waals surface area contributed by atoms with E-state index in [4.69, 9.17) is 5.11 Å². The van der Waals surface area contributed by atoms with Gasteiger partial charge in [-0.2, -0.15) is 0 Å². The standard InChI is InChI=1S/C17H16O2/c1-11-6-8-12(9-7-11)13-4-2-3-5-14(13)15-10-16(15)17(18)19/h2-9,15-16H,10H2,1H3,(H,18,19). The first-order valence-electron chi connectivity index (χ1n) is 6.55. The van der Waals surface area contributed by atoms with Crippen LogP contribution in [-0.4, -0.2) is 11.1 Å². The van der Waals surface area contributed by atoms with Crippen LogP contribution in [-0.2, 0) is 4.79 Å². The second-order valence-electron chi connectivity index (χ2n) is 5.24. The number of aryl methyl sites for hydroxylation is 1. The molecule has 0 aliphatic heterocycles. The summed E-state index contributed by atoms with van der Waals surface area (Å²) in [7, 11) is 0. The topological polar surface area (TPSA) is 37.3 Å². The van der Waals surface area contributed by atoms with Crippen LogP contribution in [0.2, 0.25) is 0 Å². The van der Waals surface area contributed by atoms with Crippen LogP contribution in [0, 0.1) is 12.8 Å². The quantitative estimate of drug-likeness (QED) is 0.900. The van der Waals surface area contributed by atoms with Crippen molar-refractivity contribution in [2.75, 3.05) is 0 Å². The van der Waals surface area contributed by atoms with Crippen LogP contribution in [0.5, 0.6) is 0 Å².